The molecule has 3 aromatic rings. The highest BCUT2D eigenvalue weighted by atomic mass is 16.5. The molecule has 1 aromatic heterocycles. The van der Waals surface area contributed by atoms with Crippen molar-refractivity contribution in [1.82, 2.24) is 20.2 Å². The SMILES string of the molecule is COc1ccccc1CNC(=O)N(C)Cc1nc2ccccc2[nH]1. The van der Waals surface area contributed by atoms with Crippen LogP contribution in [-0.2, 0) is 13.1 Å². The van der Waals surface area contributed by atoms with Crippen molar-refractivity contribution in [2.24, 2.45) is 0 Å². The molecule has 2 amide bonds. The number of imidazole rings is 1. The van der Waals surface area contributed by atoms with Gasteiger partial charge in [-0.25, -0.2) is 9.78 Å². The molecule has 6 nitrogen and oxygen atoms in total. The molecule has 2 N–H and O–H groups in total. The molecular weight excluding hydrogens is 304 g/mol. The van der Waals surface area contributed by atoms with Crippen molar-refractivity contribution in [2.75, 3.05) is 14.2 Å². The molecule has 0 atom stereocenters. The van der Waals surface area contributed by atoms with E-state index >= 15 is 0 Å². The molecule has 0 saturated carbocycles. The van der Waals surface area contributed by atoms with E-state index in [9.17, 15) is 4.79 Å². The molecule has 124 valence electrons. The number of urea groups is 1. The minimum atomic E-state index is -0.165. The van der Waals surface area contributed by atoms with Gasteiger partial charge in [-0.15, -0.1) is 0 Å². The Bertz CT molecular complexity index is 811. The molecule has 0 fully saturated rings. The van der Waals surface area contributed by atoms with Gasteiger partial charge in [0, 0.05) is 19.2 Å². The summed E-state index contributed by atoms with van der Waals surface area (Å²) in [5.74, 6) is 1.52. The molecule has 24 heavy (non-hydrogen) atoms. The molecule has 0 saturated heterocycles. The molecule has 2 aromatic carbocycles. The zero-order valence-corrected chi connectivity index (χ0v) is 13.7. The fourth-order valence-electron chi connectivity index (χ4n) is 2.53. The Kier molecular flexibility index (Phi) is 4.65. The number of aromatic nitrogens is 2. The van der Waals surface area contributed by atoms with Gasteiger partial charge >= 0.3 is 6.03 Å². The lowest BCUT2D eigenvalue weighted by molar-refractivity contribution is 0.205. The molecule has 0 aliphatic heterocycles. The third kappa shape index (κ3) is 3.48. The number of methoxy groups -OCH3 is 1. The van der Waals surface area contributed by atoms with Crippen LogP contribution in [0.4, 0.5) is 4.79 Å². The number of ether oxygens (including phenoxy) is 1. The monoisotopic (exact) mass is 324 g/mol. The van der Waals surface area contributed by atoms with Crippen molar-refractivity contribution in [3.05, 3.63) is 59.9 Å². The highest BCUT2D eigenvalue weighted by molar-refractivity contribution is 5.76. The summed E-state index contributed by atoms with van der Waals surface area (Å²) in [5, 5.41) is 2.89. The first-order valence-electron chi connectivity index (χ1n) is 7.72. The fraction of sp³-hybridized carbons (Fsp3) is 0.222. The van der Waals surface area contributed by atoms with Crippen molar-refractivity contribution in [3.8, 4) is 5.75 Å². The summed E-state index contributed by atoms with van der Waals surface area (Å²) < 4.78 is 5.29. The number of fused-ring (bicyclic) bond motifs is 1. The normalized spacial score (nSPS) is 10.6. The third-order valence-corrected chi connectivity index (χ3v) is 3.79. The Hall–Kier alpha value is -3.02. The van der Waals surface area contributed by atoms with Crippen LogP contribution in [0.25, 0.3) is 11.0 Å². The minimum Gasteiger partial charge on any atom is -0.496 e. The van der Waals surface area contributed by atoms with Gasteiger partial charge in [-0.2, -0.15) is 0 Å². The molecule has 0 radical (unpaired) electrons. The topological polar surface area (TPSA) is 70.2 Å². The number of carbonyl (C=O) groups is 1. The number of benzene rings is 2. The molecule has 0 aliphatic rings. The van der Waals surface area contributed by atoms with Crippen LogP contribution in [-0.4, -0.2) is 35.1 Å². The van der Waals surface area contributed by atoms with Crippen LogP contribution in [0.1, 0.15) is 11.4 Å². The van der Waals surface area contributed by atoms with Gasteiger partial charge in [-0.1, -0.05) is 30.3 Å². The number of carbonyl (C=O) groups excluding carboxylic acids is 1. The second-order valence-electron chi connectivity index (χ2n) is 5.53. The summed E-state index contributed by atoms with van der Waals surface area (Å²) in [6.45, 7) is 0.819. The smallest absolute Gasteiger partial charge is 0.317 e. The van der Waals surface area contributed by atoms with Crippen molar-refractivity contribution in [1.29, 1.82) is 0 Å². The standard InChI is InChI=1S/C18H20N4O2/c1-22(12-17-20-14-8-4-5-9-15(14)21-17)18(23)19-11-13-7-3-6-10-16(13)24-2/h3-10H,11-12H2,1-2H3,(H,19,23)(H,20,21). The van der Waals surface area contributed by atoms with Gasteiger partial charge in [-0.3, -0.25) is 0 Å². The molecule has 0 aliphatic carbocycles. The fourth-order valence-corrected chi connectivity index (χ4v) is 2.53. The van der Waals surface area contributed by atoms with Crippen LogP contribution < -0.4 is 10.1 Å². The van der Waals surface area contributed by atoms with Crippen molar-refractivity contribution >= 4 is 17.1 Å². The third-order valence-electron chi connectivity index (χ3n) is 3.79. The lowest BCUT2D eigenvalue weighted by Crippen LogP contribution is -2.36. The first kappa shape index (κ1) is 15.9. The molecule has 0 unspecified atom stereocenters. The highest BCUT2D eigenvalue weighted by Gasteiger charge is 2.12. The van der Waals surface area contributed by atoms with E-state index in [0.29, 0.717) is 13.1 Å². The lowest BCUT2D eigenvalue weighted by Gasteiger charge is -2.17. The Balaban J connectivity index is 1.60. The van der Waals surface area contributed by atoms with Crippen LogP contribution in [0.2, 0.25) is 0 Å². The van der Waals surface area contributed by atoms with E-state index in [-0.39, 0.29) is 6.03 Å². The van der Waals surface area contributed by atoms with Gasteiger partial charge in [0.1, 0.15) is 11.6 Å². The number of amides is 2. The maximum atomic E-state index is 12.3. The van der Waals surface area contributed by atoms with Gasteiger partial charge in [0.05, 0.1) is 24.7 Å². The predicted molar refractivity (Wildman–Crippen MR) is 92.8 cm³/mol. The summed E-state index contributed by atoms with van der Waals surface area (Å²) in [6, 6.07) is 15.3. The minimum absolute atomic E-state index is 0.165. The number of para-hydroxylation sites is 3. The average Bonchev–Trinajstić information content (AvgIpc) is 3.02. The van der Waals surface area contributed by atoms with Gasteiger partial charge in [-0.05, 0) is 18.2 Å². The Morgan fingerprint density at radius 2 is 1.96 bits per heavy atom. The summed E-state index contributed by atoms with van der Waals surface area (Å²) in [5.41, 5.74) is 2.80. The Morgan fingerprint density at radius 1 is 1.21 bits per heavy atom. The van der Waals surface area contributed by atoms with Crippen molar-refractivity contribution < 1.29 is 9.53 Å². The number of nitrogens with one attached hydrogen (secondary N) is 2. The maximum Gasteiger partial charge on any atom is 0.317 e. The van der Waals surface area contributed by atoms with E-state index in [1.54, 1.807) is 19.1 Å². The van der Waals surface area contributed by atoms with Gasteiger partial charge in [0.15, 0.2) is 0 Å². The summed E-state index contributed by atoms with van der Waals surface area (Å²) in [4.78, 5) is 21.6. The number of H-pyrrole nitrogens is 1. The summed E-state index contributed by atoms with van der Waals surface area (Å²) in [7, 11) is 3.36. The van der Waals surface area contributed by atoms with E-state index in [2.05, 4.69) is 15.3 Å². The van der Waals surface area contributed by atoms with Crippen LogP contribution in [0, 0.1) is 0 Å². The highest BCUT2D eigenvalue weighted by Crippen LogP contribution is 2.17. The molecule has 1 heterocycles. The lowest BCUT2D eigenvalue weighted by atomic mass is 10.2. The summed E-state index contributed by atoms with van der Waals surface area (Å²) in [6.07, 6.45) is 0. The van der Waals surface area contributed by atoms with Gasteiger partial charge in [0.25, 0.3) is 0 Å². The molecular formula is C18H20N4O2. The van der Waals surface area contributed by atoms with Crippen LogP contribution in [0.3, 0.4) is 0 Å². The quantitative estimate of drug-likeness (QED) is 0.758. The molecule has 6 heteroatoms. The number of hydrogen-bond donors (Lipinski definition) is 2. The van der Waals surface area contributed by atoms with E-state index < -0.39 is 0 Å². The molecule has 0 spiro atoms. The number of hydrogen-bond acceptors (Lipinski definition) is 3. The van der Waals surface area contributed by atoms with E-state index in [1.807, 2.05) is 48.5 Å². The summed E-state index contributed by atoms with van der Waals surface area (Å²) >= 11 is 0. The Labute approximate surface area is 140 Å². The zero-order chi connectivity index (χ0) is 16.9. The first-order valence-corrected chi connectivity index (χ1v) is 7.72. The number of nitrogens with zero attached hydrogens (tertiary/aromatic N) is 2. The first-order chi connectivity index (χ1) is 11.7. The molecule has 0 bridgehead atoms. The van der Waals surface area contributed by atoms with E-state index in [4.69, 9.17) is 4.74 Å². The predicted octanol–water partition coefficient (Wildman–Crippen LogP) is 2.91. The number of aromatic amines is 1. The van der Waals surface area contributed by atoms with Gasteiger partial charge < -0.3 is 19.9 Å². The average molecular weight is 324 g/mol. The van der Waals surface area contributed by atoms with Crippen LogP contribution in [0.15, 0.2) is 48.5 Å². The van der Waals surface area contributed by atoms with Crippen molar-refractivity contribution in [3.63, 3.8) is 0 Å². The second kappa shape index (κ2) is 7.04. The number of rotatable bonds is 5. The second-order valence-corrected chi connectivity index (χ2v) is 5.53. The molecule has 3 rings (SSSR count). The van der Waals surface area contributed by atoms with E-state index in [0.717, 1.165) is 28.2 Å². The zero-order valence-electron chi connectivity index (χ0n) is 13.7. The largest absolute Gasteiger partial charge is 0.496 e. The van der Waals surface area contributed by atoms with Gasteiger partial charge in [0.2, 0.25) is 0 Å². The maximum absolute atomic E-state index is 12.3. The van der Waals surface area contributed by atoms with E-state index in [1.165, 1.54) is 0 Å². The van der Waals surface area contributed by atoms with Crippen LogP contribution >= 0.6 is 0 Å². The van der Waals surface area contributed by atoms with Crippen LogP contribution in [0.5, 0.6) is 5.75 Å². The van der Waals surface area contributed by atoms with Crippen molar-refractivity contribution in [2.45, 2.75) is 13.1 Å². The Morgan fingerprint density at radius 3 is 2.75 bits per heavy atom.